The average Bonchev–Trinajstić information content (AvgIpc) is 2.35. The zero-order valence-corrected chi connectivity index (χ0v) is 11.4. The van der Waals surface area contributed by atoms with Crippen molar-refractivity contribution in [1.29, 1.82) is 0 Å². The highest BCUT2D eigenvalue weighted by Gasteiger charge is 2.27. The Morgan fingerprint density at radius 2 is 1.80 bits per heavy atom. The van der Waals surface area contributed by atoms with Gasteiger partial charge in [0.1, 0.15) is 0 Å². The number of benzene rings is 1. The predicted octanol–water partition coefficient (Wildman–Crippen LogP) is 2.14. The van der Waals surface area contributed by atoms with E-state index in [0.717, 1.165) is 19.3 Å². The van der Waals surface area contributed by atoms with Gasteiger partial charge < -0.3 is 19.9 Å². The molecule has 0 heterocycles. The number of carboxylic acid groups (broad SMARTS) is 1. The molecule has 1 amide bonds. The van der Waals surface area contributed by atoms with E-state index in [-0.39, 0.29) is 23.1 Å². The molecule has 20 heavy (non-hydrogen) atoms. The van der Waals surface area contributed by atoms with E-state index in [1.165, 1.54) is 26.4 Å². The number of methoxy groups -OCH3 is 2. The van der Waals surface area contributed by atoms with Gasteiger partial charge in [-0.05, 0) is 12.8 Å². The summed E-state index contributed by atoms with van der Waals surface area (Å²) in [5.41, 5.74) is 0.211. The topological polar surface area (TPSA) is 84.9 Å². The molecule has 108 valence electrons. The Morgan fingerprint density at radius 3 is 2.25 bits per heavy atom. The van der Waals surface area contributed by atoms with Gasteiger partial charge in [0.2, 0.25) is 5.91 Å². The monoisotopic (exact) mass is 279 g/mol. The minimum atomic E-state index is -1.13. The fourth-order valence-electron chi connectivity index (χ4n) is 2.06. The maximum absolute atomic E-state index is 11.9. The van der Waals surface area contributed by atoms with Crippen LogP contribution < -0.4 is 14.8 Å². The van der Waals surface area contributed by atoms with Gasteiger partial charge >= 0.3 is 5.97 Å². The van der Waals surface area contributed by atoms with E-state index >= 15 is 0 Å². The smallest absolute Gasteiger partial charge is 0.337 e. The number of rotatable bonds is 5. The molecule has 2 N–H and O–H groups in total. The molecule has 0 saturated heterocycles. The lowest BCUT2D eigenvalue weighted by atomic mass is 9.85. The quantitative estimate of drug-likeness (QED) is 0.862. The van der Waals surface area contributed by atoms with Crippen LogP contribution in [0.1, 0.15) is 29.6 Å². The van der Waals surface area contributed by atoms with Crippen LogP contribution in [-0.2, 0) is 4.79 Å². The first kappa shape index (κ1) is 14.2. The van der Waals surface area contributed by atoms with Crippen LogP contribution in [0.15, 0.2) is 12.1 Å². The van der Waals surface area contributed by atoms with E-state index in [2.05, 4.69) is 5.32 Å². The molecule has 6 heteroatoms. The SMILES string of the molecule is COc1cc(NC(=O)C2CCC2)c(C(=O)O)cc1OC. The Kier molecular flexibility index (Phi) is 4.12. The number of carbonyl (C=O) groups excluding carboxylic acids is 1. The Hall–Kier alpha value is -2.24. The van der Waals surface area contributed by atoms with Crippen LogP contribution in [0.3, 0.4) is 0 Å². The van der Waals surface area contributed by atoms with E-state index in [0.29, 0.717) is 11.5 Å². The number of anilines is 1. The molecule has 0 aliphatic heterocycles. The standard InChI is InChI=1S/C14H17NO5/c1-19-11-6-9(14(17)18)10(7-12(11)20-2)15-13(16)8-4-3-5-8/h6-8H,3-5H2,1-2H3,(H,15,16)(H,17,18). The van der Waals surface area contributed by atoms with Crippen molar-refractivity contribution >= 4 is 17.6 Å². The van der Waals surface area contributed by atoms with E-state index in [1.807, 2.05) is 0 Å². The minimum Gasteiger partial charge on any atom is -0.493 e. The Labute approximate surface area is 116 Å². The van der Waals surface area contributed by atoms with Crippen molar-refractivity contribution in [3.63, 3.8) is 0 Å². The van der Waals surface area contributed by atoms with E-state index in [1.54, 1.807) is 0 Å². The number of aromatic carboxylic acids is 1. The molecular formula is C14H17NO5. The molecule has 1 fully saturated rings. The minimum absolute atomic E-state index is 0.0182. The van der Waals surface area contributed by atoms with Crippen molar-refractivity contribution in [3.05, 3.63) is 17.7 Å². The van der Waals surface area contributed by atoms with E-state index in [9.17, 15) is 14.7 Å². The average molecular weight is 279 g/mol. The second kappa shape index (κ2) is 5.81. The van der Waals surface area contributed by atoms with Gasteiger partial charge in [-0.15, -0.1) is 0 Å². The van der Waals surface area contributed by atoms with Crippen LogP contribution in [0.25, 0.3) is 0 Å². The van der Waals surface area contributed by atoms with Gasteiger partial charge in [-0.1, -0.05) is 6.42 Å². The van der Waals surface area contributed by atoms with Crippen LogP contribution in [0.4, 0.5) is 5.69 Å². The summed E-state index contributed by atoms with van der Waals surface area (Å²) in [6, 6.07) is 2.82. The summed E-state index contributed by atoms with van der Waals surface area (Å²) in [6.07, 6.45) is 2.73. The highest BCUT2D eigenvalue weighted by atomic mass is 16.5. The van der Waals surface area contributed by atoms with Crippen molar-refractivity contribution in [3.8, 4) is 11.5 Å². The number of hydrogen-bond donors (Lipinski definition) is 2. The molecule has 0 aromatic heterocycles. The predicted molar refractivity (Wildman–Crippen MR) is 72.5 cm³/mol. The van der Waals surface area contributed by atoms with Gasteiger partial charge in [0.25, 0.3) is 0 Å². The highest BCUT2D eigenvalue weighted by Crippen LogP contribution is 2.34. The Morgan fingerprint density at radius 1 is 1.20 bits per heavy atom. The maximum Gasteiger partial charge on any atom is 0.337 e. The van der Waals surface area contributed by atoms with Crippen LogP contribution in [0.2, 0.25) is 0 Å². The lowest BCUT2D eigenvalue weighted by molar-refractivity contribution is -0.122. The van der Waals surface area contributed by atoms with Gasteiger partial charge in [-0.2, -0.15) is 0 Å². The summed E-state index contributed by atoms with van der Waals surface area (Å²) in [5.74, 6) is -0.612. The lowest BCUT2D eigenvalue weighted by Gasteiger charge is -2.24. The molecule has 1 aliphatic rings. The van der Waals surface area contributed by atoms with Gasteiger partial charge in [0, 0.05) is 18.1 Å². The second-order valence-electron chi connectivity index (χ2n) is 4.68. The summed E-state index contributed by atoms with van der Waals surface area (Å²) in [6.45, 7) is 0. The van der Waals surface area contributed by atoms with Crippen molar-refractivity contribution in [1.82, 2.24) is 0 Å². The fourth-order valence-corrected chi connectivity index (χ4v) is 2.06. The zero-order valence-electron chi connectivity index (χ0n) is 11.4. The molecule has 1 aromatic rings. The largest absolute Gasteiger partial charge is 0.493 e. The first-order chi connectivity index (χ1) is 9.56. The third-order valence-corrected chi connectivity index (χ3v) is 3.49. The van der Waals surface area contributed by atoms with Crippen molar-refractivity contribution < 1.29 is 24.2 Å². The van der Waals surface area contributed by atoms with Crippen LogP contribution >= 0.6 is 0 Å². The van der Waals surface area contributed by atoms with Crippen molar-refractivity contribution in [2.75, 3.05) is 19.5 Å². The van der Waals surface area contributed by atoms with Crippen molar-refractivity contribution in [2.24, 2.45) is 5.92 Å². The summed E-state index contributed by atoms with van der Waals surface area (Å²) in [7, 11) is 2.88. The molecule has 0 radical (unpaired) electrons. The fraction of sp³-hybridized carbons (Fsp3) is 0.429. The number of carbonyl (C=O) groups is 2. The summed E-state index contributed by atoms with van der Waals surface area (Å²) >= 11 is 0. The summed E-state index contributed by atoms with van der Waals surface area (Å²) in [4.78, 5) is 23.2. The molecule has 1 saturated carbocycles. The molecule has 0 unspecified atom stereocenters. The number of ether oxygens (including phenoxy) is 2. The Balaban J connectivity index is 2.33. The molecule has 1 aromatic carbocycles. The normalized spacial score (nSPS) is 14.3. The number of carboxylic acids is 1. The first-order valence-electron chi connectivity index (χ1n) is 6.37. The van der Waals surface area contributed by atoms with Crippen molar-refractivity contribution in [2.45, 2.75) is 19.3 Å². The number of nitrogens with one attached hydrogen (secondary N) is 1. The van der Waals surface area contributed by atoms with Gasteiger partial charge in [-0.25, -0.2) is 4.79 Å². The molecule has 6 nitrogen and oxygen atoms in total. The molecule has 0 spiro atoms. The summed E-state index contributed by atoms with van der Waals surface area (Å²) in [5, 5.41) is 11.9. The van der Waals surface area contributed by atoms with E-state index in [4.69, 9.17) is 9.47 Å². The molecule has 2 rings (SSSR count). The number of hydrogen-bond acceptors (Lipinski definition) is 4. The molecule has 0 atom stereocenters. The third kappa shape index (κ3) is 2.68. The third-order valence-electron chi connectivity index (χ3n) is 3.49. The summed E-state index contributed by atoms with van der Waals surface area (Å²) < 4.78 is 10.2. The molecular weight excluding hydrogens is 262 g/mol. The first-order valence-corrected chi connectivity index (χ1v) is 6.37. The van der Waals surface area contributed by atoms with Crippen LogP contribution in [0, 0.1) is 5.92 Å². The van der Waals surface area contributed by atoms with Crippen LogP contribution in [0.5, 0.6) is 11.5 Å². The number of amides is 1. The Bertz CT molecular complexity index is 537. The molecule has 0 bridgehead atoms. The van der Waals surface area contributed by atoms with Crippen LogP contribution in [-0.4, -0.2) is 31.2 Å². The van der Waals surface area contributed by atoms with Gasteiger partial charge in [-0.3, -0.25) is 4.79 Å². The van der Waals surface area contributed by atoms with Gasteiger partial charge in [0.15, 0.2) is 11.5 Å². The lowest BCUT2D eigenvalue weighted by Crippen LogP contribution is -2.28. The zero-order chi connectivity index (χ0) is 14.7. The second-order valence-corrected chi connectivity index (χ2v) is 4.68. The van der Waals surface area contributed by atoms with E-state index < -0.39 is 5.97 Å². The molecule has 1 aliphatic carbocycles. The van der Waals surface area contributed by atoms with Gasteiger partial charge in [0.05, 0.1) is 25.5 Å². The highest BCUT2D eigenvalue weighted by molar-refractivity contribution is 6.02. The maximum atomic E-state index is 11.9.